The van der Waals surface area contributed by atoms with Crippen LogP contribution in [0.15, 0.2) is 0 Å². The van der Waals surface area contributed by atoms with Crippen molar-refractivity contribution in [2.45, 2.75) is 72.8 Å². The Kier molecular flexibility index (Phi) is 7.01. The van der Waals surface area contributed by atoms with E-state index in [0.717, 1.165) is 0 Å². The molecule has 0 aromatic carbocycles. The van der Waals surface area contributed by atoms with Crippen molar-refractivity contribution in [3.05, 3.63) is 0 Å². The van der Waals surface area contributed by atoms with Crippen LogP contribution in [0.5, 0.6) is 0 Å². The molecule has 20 heavy (non-hydrogen) atoms. The second-order valence-corrected chi connectivity index (χ2v) is 7.18. The van der Waals surface area contributed by atoms with Gasteiger partial charge < -0.3 is 9.47 Å². The number of ether oxygens (including phenoxy) is 2. The summed E-state index contributed by atoms with van der Waals surface area (Å²) in [6.45, 7) is 11.9. The Morgan fingerprint density at radius 3 is 2.35 bits per heavy atom. The second kappa shape index (κ2) is 8.02. The van der Waals surface area contributed by atoms with Crippen LogP contribution in [-0.2, 0) is 14.3 Å². The predicted molar refractivity (Wildman–Crippen MR) is 81.6 cm³/mol. The summed E-state index contributed by atoms with van der Waals surface area (Å²) < 4.78 is 11.1. The molecule has 0 amide bonds. The van der Waals surface area contributed by atoms with Gasteiger partial charge in [0.15, 0.2) is 0 Å². The largest absolute Gasteiger partial charge is 0.465 e. The first-order chi connectivity index (χ1) is 9.34. The van der Waals surface area contributed by atoms with E-state index < -0.39 is 0 Å². The van der Waals surface area contributed by atoms with E-state index in [1.165, 1.54) is 25.7 Å². The number of esters is 1. The molecule has 2 atom stereocenters. The number of rotatable bonds is 7. The molecule has 1 aliphatic carbocycles. The van der Waals surface area contributed by atoms with Crippen molar-refractivity contribution in [3.8, 4) is 0 Å². The highest BCUT2D eigenvalue weighted by Crippen LogP contribution is 2.39. The molecule has 0 aromatic rings. The van der Waals surface area contributed by atoms with Crippen LogP contribution < -0.4 is 0 Å². The first-order valence-electron chi connectivity index (χ1n) is 8.11. The molecule has 0 bridgehead atoms. The van der Waals surface area contributed by atoms with E-state index in [1.807, 2.05) is 6.92 Å². The molecule has 0 spiro atoms. The fraction of sp³-hybridized carbons (Fsp3) is 0.941. The lowest BCUT2D eigenvalue weighted by Crippen LogP contribution is -2.30. The number of hydrogen-bond acceptors (Lipinski definition) is 3. The van der Waals surface area contributed by atoms with Crippen molar-refractivity contribution < 1.29 is 14.3 Å². The van der Waals surface area contributed by atoms with Gasteiger partial charge in [-0.2, -0.15) is 0 Å². The molecule has 1 aliphatic rings. The van der Waals surface area contributed by atoms with Gasteiger partial charge in [0.25, 0.3) is 0 Å². The maximum Gasteiger partial charge on any atom is 0.305 e. The Labute approximate surface area is 124 Å². The summed E-state index contributed by atoms with van der Waals surface area (Å²) in [4.78, 5) is 11.1. The highest BCUT2D eigenvalue weighted by Gasteiger charge is 2.30. The third-order valence-electron chi connectivity index (χ3n) is 4.51. The summed E-state index contributed by atoms with van der Waals surface area (Å²) in [6.07, 6.45) is 5.91. The SMILES string of the molecule is CCC(=O)OCC(C)COC(C)C1CCC(C)(C)CC1. The molecule has 0 N–H and O–H groups in total. The van der Waals surface area contributed by atoms with E-state index in [-0.39, 0.29) is 11.9 Å². The molecule has 0 aliphatic heterocycles. The lowest BCUT2D eigenvalue weighted by atomic mass is 9.72. The van der Waals surface area contributed by atoms with Crippen LogP contribution in [0.1, 0.15) is 66.7 Å². The third kappa shape index (κ3) is 6.25. The van der Waals surface area contributed by atoms with E-state index in [2.05, 4.69) is 27.7 Å². The zero-order chi connectivity index (χ0) is 15.2. The Morgan fingerprint density at radius 2 is 1.80 bits per heavy atom. The van der Waals surface area contributed by atoms with Gasteiger partial charge in [-0.15, -0.1) is 0 Å². The van der Waals surface area contributed by atoms with E-state index >= 15 is 0 Å². The fourth-order valence-electron chi connectivity index (χ4n) is 2.73. The average molecular weight is 284 g/mol. The van der Waals surface area contributed by atoms with Crippen LogP contribution in [0.3, 0.4) is 0 Å². The lowest BCUT2D eigenvalue weighted by Gasteiger charge is -2.37. The second-order valence-electron chi connectivity index (χ2n) is 7.18. The maximum absolute atomic E-state index is 11.1. The number of carbonyl (C=O) groups excluding carboxylic acids is 1. The number of carbonyl (C=O) groups is 1. The van der Waals surface area contributed by atoms with Gasteiger partial charge in [-0.3, -0.25) is 4.79 Å². The first kappa shape index (κ1) is 17.5. The van der Waals surface area contributed by atoms with Crippen molar-refractivity contribution in [2.24, 2.45) is 17.3 Å². The minimum atomic E-state index is -0.126. The van der Waals surface area contributed by atoms with E-state index in [4.69, 9.17) is 9.47 Å². The van der Waals surface area contributed by atoms with Crippen molar-refractivity contribution in [3.63, 3.8) is 0 Å². The van der Waals surface area contributed by atoms with Crippen LogP contribution in [0.25, 0.3) is 0 Å². The smallest absolute Gasteiger partial charge is 0.305 e. The molecule has 0 aromatic heterocycles. The minimum absolute atomic E-state index is 0.126. The van der Waals surface area contributed by atoms with Crippen molar-refractivity contribution in [1.82, 2.24) is 0 Å². The van der Waals surface area contributed by atoms with Gasteiger partial charge in [0.05, 0.1) is 19.3 Å². The summed E-state index contributed by atoms with van der Waals surface area (Å²) in [6, 6.07) is 0. The van der Waals surface area contributed by atoms with Gasteiger partial charge >= 0.3 is 5.97 Å². The summed E-state index contributed by atoms with van der Waals surface area (Å²) in [5.41, 5.74) is 0.512. The summed E-state index contributed by atoms with van der Waals surface area (Å²) >= 11 is 0. The summed E-state index contributed by atoms with van der Waals surface area (Å²) in [7, 11) is 0. The van der Waals surface area contributed by atoms with Crippen molar-refractivity contribution in [1.29, 1.82) is 0 Å². The predicted octanol–water partition coefficient (Wildman–Crippen LogP) is 4.20. The molecular weight excluding hydrogens is 252 g/mol. The highest BCUT2D eigenvalue weighted by atomic mass is 16.5. The molecule has 0 radical (unpaired) electrons. The summed E-state index contributed by atoms with van der Waals surface area (Å²) in [5, 5.41) is 0. The van der Waals surface area contributed by atoms with Crippen molar-refractivity contribution >= 4 is 5.97 Å². The molecule has 3 nitrogen and oxygen atoms in total. The van der Waals surface area contributed by atoms with Gasteiger partial charge in [-0.1, -0.05) is 27.7 Å². The normalized spacial score (nSPS) is 22.2. The zero-order valence-electron chi connectivity index (χ0n) is 13.9. The van der Waals surface area contributed by atoms with Gasteiger partial charge in [-0.25, -0.2) is 0 Å². The molecule has 1 fully saturated rings. The molecule has 2 unspecified atom stereocenters. The average Bonchev–Trinajstić information content (AvgIpc) is 2.41. The molecule has 0 saturated heterocycles. The lowest BCUT2D eigenvalue weighted by molar-refractivity contribution is -0.145. The van der Waals surface area contributed by atoms with Crippen LogP contribution in [0, 0.1) is 17.3 Å². The summed E-state index contributed by atoms with van der Waals surface area (Å²) in [5.74, 6) is 0.834. The van der Waals surface area contributed by atoms with Crippen LogP contribution in [-0.4, -0.2) is 25.3 Å². The fourth-order valence-corrected chi connectivity index (χ4v) is 2.73. The maximum atomic E-state index is 11.1. The van der Waals surface area contributed by atoms with E-state index in [0.29, 0.717) is 37.1 Å². The molecule has 3 heteroatoms. The Morgan fingerprint density at radius 1 is 1.20 bits per heavy atom. The Balaban J connectivity index is 2.19. The van der Waals surface area contributed by atoms with Crippen LogP contribution in [0.4, 0.5) is 0 Å². The first-order valence-corrected chi connectivity index (χ1v) is 8.11. The molecule has 118 valence electrons. The van der Waals surface area contributed by atoms with Crippen molar-refractivity contribution in [2.75, 3.05) is 13.2 Å². The minimum Gasteiger partial charge on any atom is -0.465 e. The number of hydrogen-bond donors (Lipinski definition) is 0. The van der Waals surface area contributed by atoms with Crippen LogP contribution in [0.2, 0.25) is 0 Å². The standard InChI is InChI=1S/C17H32O3/c1-6-16(18)20-12-13(2)11-19-14(3)15-7-9-17(4,5)10-8-15/h13-15H,6-12H2,1-5H3. The third-order valence-corrected chi connectivity index (χ3v) is 4.51. The Bertz CT molecular complexity index is 289. The molecule has 1 saturated carbocycles. The van der Waals surface area contributed by atoms with Gasteiger partial charge in [0, 0.05) is 12.3 Å². The zero-order valence-corrected chi connectivity index (χ0v) is 13.9. The monoisotopic (exact) mass is 284 g/mol. The molecule has 0 heterocycles. The van der Waals surface area contributed by atoms with Gasteiger partial charge in [0.2, 0.25) is 0 Å². The Hall–Kier alpha value is -0.570. The van der Waals surface area contributed by atoms with E-state index in [9.17, 15) is 4.79 Å². The molecular formula is C17H32O3. The van der Waals surface area contributed by atoms with Crippen LogP contribution >= 0.6 is 0 Å². The van der Waals surface area contributed by atoms with Gasteiger partial charge in [0.1, 0.15) is 0 Å². The van der Waals surface area contributed by atoms with Gasteiger partial charge in [-0.05, 0) is 43.9 Å². The quantitative estimate of drug-likeness (QED) is 0.657. The molecule has 1 rings (SSSR count). The topological polar surface area (TPSA) is 35.5 Å². The van der Waals surface area contributed by atoms with E-state index in [1.54, 1.807) is 0 Å². The highest BCUT2D eigenvalue weighted by molar-refractivity contribution is 5.68.